The van der Waals surface area contributed by atoms with Gasteiger partial charge in [0.2, 0.25) is 0 Å². The number of rotatable bonds is 8. The highest BCUT2D eigenvalue weighted by molar-refractivity contribution is 6.30. The average molecular weight is 479 g/mol. The van der Waals surface area contributed by atoms with E-state index in [-0.39, 0.29) is 23.8 Å². The third-order valence-corrected chi connectivity index (χ3v) is 5.38. The van der Waals surface area contributed by atoms with Gasteiger partial charge in [0, 0.05) is 41.2 Å². The lowest BCUT2D eigenvalue weighted by Gasteiger charge is -2.10. The molecule has 4 rings (SSSR count). The van der Waals surface area contributed by atoms with Crippen LogP contribution in [0.3, 0.4) is 0 Å². The molecule has 0 aliphatic heterocycles. The second-order valence-corrected chi connectivity index (χ2v) is 7.89. The fourth-order valence-electron chi connectivity index (χ4n) is 3.43. The molecular formula is C25H19ClN2O6. The minimum Gasteiger partial charge on any atom is -0.484 e. The van der Waals surface area contributed by atoms with Crippen molar-refractivity contribution < 1.29 is 18.9 Å². The number of hydrogen-bond acceptors (Lipinski definition) is 6. The van der Waals surface area contributed by atoms with Crippen molar-refractivity contribution in [1.29, 1.82) is 0 Å². The van der Waals surface area contributed by atoms with Crippen LogP contribution in [0.2, 0.25) is 5.02 Å². The predicted octanol–water partition coefficient (Wildman–Crippen LogP) is 4.76. The van der Waals surface area contributed by atoms with E-state index in [0.29, 0.717) is 40.3 Å². The maximum atomic E-state index is 12.1. The monoisotopic (exact) mass is 478 g/mol. The lowest BCUT2D eigenvalue weighted by Crippen LogP contribution is -2.30. The van der Waals surface area contributed by atoms with Gasteiger partial charge >= 0.3 is 5.63 Å². The Morgan fingerprint density at radius 1 is 1.03 bits per heavy atom. The molecule has 4 aromatic rings. The molecule has 0 radical (unpaired) electrons. The van der Waals surface area contributed by atoms with Crippen molar-refractivity contribution in [3.05, 3.63) is 104 Å². The summed E-state index contributed by atoms with van der Waals surface area (Å²) in [6, 6.07) is 19.5. The molecule has 1 N–H and O–H groups in total. The number of halogens is 1. The van der Waals surface area contributed by atoms with E-state index < -0.39 is 10.5 Å². The average Bonchev–Trinajstić information content (AvgIpc) is 2.83. The number of nitrogens with one attached hydrogen (secondary N) is 1. The molecule has 0 fully saturated rings. The normalized spacial score (nSPS) is 10.7. The zero-order chi connectivity index (χ0) is 24.1. The number of nitrogens with zero attached hydrogens (tertiary/aromatic N) is 1. The molecule has 8 nitrogen and oxygen atoms in total. The summed E-state index contributed by atoms with van der Waals surface area (Å²) < 4.78 is 10.9. The molecule has 0 bridgehead atoms. The van der Waals surface area contributed by atoms with Crippen LogP contribution in [0.1, 0.15) is 5.56 Å². The first-order chi connectivity index (χ1) is 16.4. The number of carbonyl (C=O) groups excluding carboxylic acids is 1. The third kappa shape index (κ3) is 5.60. The first-order valence-electron chi connectivity index (χ1n) is 10.4. The van der Waals surface area contributed by atoms with Gasteiger partial charge < -0.3 is 14.5 Å². The van der Waals surface area contributed by atoms with E-state index in [2.05, 4.69) is 5.32 Å². The van der Waals surface area contributed by atoms with Crippen molar-refractivity contribution >= 4 is 34.2 Å². The summed E-state index contributed by atoms with van der Waals surface area (Å²) in [7, 11) is 0. The van der Waals surface area contributed by atoms with Crippen LogP contribution in [0, 0.1) is 10.1 Å². The molecule has 172 valence electrons. The Morgan fingerprint density at radius 2 is 1.76 bits per heavy atom. The fourth-order valence-corrected chi connectivity index (χ4v) is 3.56. The first kappa shape index (κ1) is 23.0. The molecule has 1 amide bonds. The van der Waals surface area contributed by atoms with E-state index in [4.69, 9.17) is 20.8 Å². The van der Waals surface area contributed by atoms with Crippen molar-refractivity contribution in [3.8, 4) is 16.9 Å². The minimum atomic E-state index is -0.571. The highest BCUT2D eigenvalue weighted by Crippen LogP contribution is 2.30. The van der Waals surface area contributed by atoms with Crippen molar-refractivity contribution in [1.82, 2.24) is 5.32 Å². The predicted molar refractivity (Wildman–Crippen MR) is 128 cm³/mol. The van der Waals surface area contributed by atoms with Crippen LogP contribution >= 0.6 is 11.6 Å². The Bertz CT molecular complexity index is 1400. The number of benzene rings is 3. The number of amides is 1. The van der Waals surface area contributed by atoms with Gasteiger partial charge in [0.25, 0.3) is 11.6 Å². The molecule has 1 aromatic heterocycles. The Labute approximate surface area is 198 Å². The fraction of sp³-hybridized carbons (Fsp3) is 0.120. The van der Waals surface area contributed by atoms with Crippen LogP contribution in [0.4, 0.5) is 5.69 Å². The Balaban J connectivity index is 1.42. The summed E-state index contributed by atoms with van der Waals surface area (Å²) in [6.07, 6.45) is 0.662. The highest BCUT2D eigenvalue weighted by Gasteiger charge is 2.12. The Kier molecular flexibility index (Phi) is 6.89. The molecule has 0 unspecified atom stereocenters. The summed E-state index contributed by atoms with van der Waals surface area (Å²) in [5.74, 6) is 0.0829. The number of hydrogen-bond donors (Lipinski definition) is 1. The molecule has 1 heterocycles. The molecule has 0 aliphatic rings. The second kappa shape index (κ2) is 10.2. The molecular weight excluding hydrogens is 460 g/mol. The zero-order valence-electron chi connectivity index (χ0n) is 17.8. The van der Waals surface area contributed by atoms with Gasteiger partial charge in [-0.2, -0.15) is 0 Å². The van der Waals surface area contributed by atoms with Crippen LogP contribution in [-0.4, -0.2) is 24.0 Å². The topological polar surface area (TPSA) is 112 Å². The van der Waals surface area contributed by atoms with E-state index in [1.807, 2.05) is 12.1 Å². The van der Waals surface area contributed by atoms with Gasteiger partial charge in [-0.3, -0.25) is 14.9 Å². The largest absolute Gasteiger partial charge is 0.484 e. The van der Waals surface area contributed by atoms with E-state index in [9.17, 15) is 19.7 Å². The number of carbonyl (C=O) groups is 1. The maximum absolute atomic E-state index is 12.1. The Hall–Kier alpha value is -4.17. The molecule has 0 atom stereocenters. The lowest BCUT2D eigenvalue weighted by molar-refractivity contribution is -0.384. The van der Waals surface area contributed by atoms with E-state index in [1.54, 1.807) is 36.4 Å². The zero-order valence-corrected chi connectivity index (χ0v) is 18.6. The van der Waals surface area contributed by atoms with E-state index in [0.717, 1.165) is 5.56 Å². The minimum absolute atomic E-state index is 0.0434. The third-order valence-electron chi connectivity index (χ3n) is 5.12. The molecule has 0 saturated heterocycles. The van der Waals surface area contributed by atoms with Crippen LogP contribution < -0.4 is 15.7 Å². The molecule has 9 heteroatoms. The summed E-state index contributed by atoms with van der Waals surface area (Å²) in [5, 5.41) is 15.0. The van der Waals surface area contributed by atoms with Crippen molar-refractivity contribution in [2.45, 2.75) is 6.42 Å². The highest BCUT2D eigenvalue weighted by atomic mass is 35.5. The number of fused-ring (bicyclic) bond motifs is 1. The summed E-state index contributed by atoms with van der Waals surface area (Å²) in [4.78, 5) is 34.6. The van der Waals surface area contributed by atoms with Crippen LogP contribution in [-0.2, 0) is 11.2 Å². The molecule has 3 aromatic carbocycles. The molecule has 34 heavy (non-hydrogen) atoms. The summed E-state index contributed by atoms with van der Waals surface area (Å²) >= 11 is 5.86. The van der Waals surface area contributed by atoms with Crippen molar-refractivity contribution in [3.63, 3.8) is 0 Å². The van der Waals surface area contributed by atoms with Crippen LogP contribution in [0.25, 0.3) is 22.1 Å². The van der Waals surface area contributed by atoms with Crippen molar-refractivity contribution in [2.75, 3.05) is 13.2 Å². The smallest absolute Gasteiger partial charge is 0.336 e. The van der Waals surface area contributed by atoms with Crippen LogP contribution in [0.15, 0.2) is 82.0 Å². The standard InChI is InChI=1S/C25H19ClN2O6/c26-18-5-1-16(2-6-18)11-12-27-24(29)15-33-20-9-10-21-22(14-25(30)34-23(21)13-20)17-3-7-19(8-4-17)28(31)32/h1-10,13-14H,11-12,15H2,(H,27,29). The van der Waals surface area contributed by atoms with E-state index in [1.165, 1.54) is 24.3 Å². The number of ether oxygens (including phenoxy) is 1. The van der Waals surface area contributed by atoms with Gasteiger partial charge in [0.15, 0.2) is 6.61 Å². The van der Waals surface area contributed by atoms with Gasteiger partial charge in [-0.25, -0.2) is 4.79 Å². The molecule has 0 aliphatic carbocycles. The summed E-state index contributed by atoms with van der Waals surface area (Å²) in [6.45, 7) is 0.257. The summed E-state index contributed by atoms with van der Waals surface area (Å²) in [5.41, 5.74) is 1.93. The van der Waals surface area contributed by atoms with E-state index >= 15 is 0 Å². The van der Waals surface area contributed by atoms with Crippen molar-refractivity contribution in [2.24, 2.45) is 0 Å². The number of non-ortho nitro benzene ring substituents is 1. The van der Waals surface area contributed by atoms with Gasteiger partial charge in [0.1, 0.15) is 11.3 Å². The van der Waals surface area contributed by atoms with Crippen LogP contribution in [0.5, 0.6) is 5.75 Å². The first-order valence-corrected chi connectivity index (χ1v) is 10.7. The second-order valence-electron chi connectivity index (χ2n) is 7.46. The number of nitro benzene ring substituents is 1. The van der Waals surface area contributed by atoms with Gasteiger partial charge in [-0.1, -0.05) is 23.7 Å². The van der Waals surface area contributed by atoms with Gasteiger partial charge in [-0.15, -0.1) is 0 Å². The maximum Gasteiger partial charge on any atom is 0.336 e. The van der Waals surface area contributed by atoms with Gasteiger partial charge in [-0.05, 0) is 59.5 Å². The quantitative estimate of drug-likeness (QED) is 0.222. The SMILES string of the molecule is O=C(COc1ccc2c(-c3ccc([N+](=O)[O-])cc3)cc(=O)oc2c1)NCCc1ccc(Cl)cc1. The lowest BCUT2D eigenvalue weighted by atomic mass is 10.0. The Morgan fingerprint density at radius 3 is 2.47 bits per heavy atom. The number of nitro groups is 1. The molecule has 0 saturated carbocycles. The van der Waals surface area contributed by atoms with Gasteiger partial charge in [0.05, 0.1) is 4.92 Å². The molecule has 0 spiro atoms.